The van der Waals surface area contributed by atoms with Crippen LogP contribution in [0, 0.1) is 0 Å². The van der Waals surface area contributed by atoms with E-state index in [0.717, 1.165) is 32.4 Å². The van der Waals surface area contributed by atoms with E-state index in [-0.39, 0.29) is 36.5 Å². The lowest BCUT2D eigenvalue weighted by Crippen LogP contribution is -2.52. The van der Waals surface area contributed by atoms with Gasteiger partial charge in [-0.15, -0.1) is 11.8 Å². The van der Waals surface area contributed by atoms with E-state index in [1.165, 1.54) is 22.7 Å². The predicted molar refractivity (Wildman–Crippen MR) is 232 cm³/mol. The van der Waals surface area contributed by atoms with E-state index < -0.39 is 30.7 Å². The van der Waals surface area contributed by atoms with Gasteiger partial charge in [0.1, 0.15) is 18.3 Å². The van der Waals surface area contributed by atoms with Gasteiger partial charge in [-0.3, -0.25) is 18.9 Å². The average Bonchev–Trinajstić information content (AvgIpc) is 3.38. The van der Waals surface area contributed by atoms with Crippen molar-refractivity contribution in [3.63, 3.8) is 0 Å². The first-order valence-electron chi connectivity index (χ1n) is 19.0. The number of hydrogen-bond acceptors (Lipinski definition) is 7. The summed E-state index contributed by atoms with van der Waals surface area (Å²) < 4.78 is 24.2. The fourth-order valence-electron chi connectivity index (χ4n) is 7.27. The Morgan fingerprint density at radius 1 is 0.780 bits per heavy atom. The number of para-hydroxylation sites is 1. The van der Waals surface area contributed by atoms with Crippen LogP contribution in [0.25, 0.3) is 21.5 Å². The van der Waals surface area contributed by atoms with Gasteiger partial charge in [0.15, 0.2) is 0 Å². The molecule has 1 unspecified atom stereocenters. The maximum atomic E-state index is 15.0. The smallest absolute Gasteiger partial charge is 0.359 e. The molecule has 0 spiro atoms. The number of nitrogens with zero attached hydrogens (tertiary/aromatic N) is 1. The minimum absolute atomic E-state index is 0.0509. The van der Waals surface area contributed by atoms with Crippen molar-refractivity contribution in [3.8, 4) is 5.75 Å². The van der Waals surface area contributed by atoms with Gasteiger partial charge in [0.2, 0.25) is 5.91 Å². The van der Waals surface area contributed by atoms with Crippen LogP contribution < -0.4 is 25.6 Å². The SMILES string of the molecule is COc1ccc([C@@H]2Sc3ccccc3N(CC(=O)NCc3cccc4ccccc34)C(=O)[C@H]2NC(=O)c2cccc3cc(P(=O)(O)OCc4ccccc4)ccc23)cc1. The maximum Gasteiger partial charge on any atom is 0.359 e. The fraction of sp³-hybridized carbons (Fsp3) is 0.128. The van der Waals surface area contributed by atoms with Crippen LogP contribution in [0.1, 0.15) is 32.3 Å². The summed E-state index contributed by atoms with van der Waals surface area (Å²) in [5, 5.41) is 8.68. The van der Waals surface area contributed by atoms with Crippen LogP contribution in [0.3, 0.4) is 0 Å². The van der Waals surface area contributed by atoms with Gasteiger partial charge in [-0.1, -0.05) is 115 Å². The van der Waals surface area contributed by atoms with Crippen molar-refractivity contribution in [2.75, 3.05) is 18.6 Å². The molecule has 0 radical (unpaired) electrons. The zero-order chi connectivity index (χ0) is 40.9. The highest BCUT2D eigenvalue weighted by Crippen LogP contribution is 2.46. The molecule has 7 aromatic carbocycles. The van der Waals surface area contributed by atoms with Gasteiger partial charge in [-0.25, -0.2) is 0 Å². The number of benzene rings is 7. The lowest BCUT2D eigenvalue weighted by molar-refractivity contribution is -0.124. The Morgan fingerprint density at radius 3 is 2.31 bits per heavy atom. The molecule has 1 heterocycles. The van der Waals surface area contributed by atoms with Crippen molar-refractivity contribution in [2.45, 2.75) is 29.3 Å². The molecule has 0 aliphatic carbocycles. The molecule has 59 heavy (non-hydrogen) atoms. The summed E-state index contributed by atoms with van der Waals surface area (Å²) in [5.74, 6) is -0.717. The van der Waals surface area contributed by atoms with E-state index in [2.05, 4.69) is 10.6 Å². The Morgan fingerprint density at radius 2 is 1.49 bits per heavy atom. The zero-order valence-electron chi connectivity index (χ0n) is 32.0. The molecule has 0 aromatic heterocycles. The second-order valence-electron chi connectivity index (χ2n) is 14.1. The Bertz CT molecular complexity index is 2720. The van der Waals surface area contributed by atoms with Crippen LogP contribution >= 0.6 is 19.4 Å². The van der Waals surface area contributed by atoms with Crippen molar-refractivity contribution < 1.29 is 33.1 Å². The molecule has 0 fully saturated rings. The minimum Gasteiger partial charge on any atom is -0.497 e. The van der Waals surface area contributed by atoms with Gasteiger partial charge in [0, 0.05) is 17.0 Å². The van der Waals surface area contributed by atoms with Crippen LogP contribution in [0.5, 0.6) is 5.75 Å². The van der Waals surface area contributed by atoms with Crippen molar-refractivity contribution in [2.24, 2.45) is 0 Å². The van der Waals surface area contributed by atoms with Gasteiger partial charge in [0.05, 0.1) is 30.0 Å². The second kappa shape index (κ2) is 17.3. The van der Waals surface area contributed by atoms with Gasteiger partial charge in [-0.2, -0.15) is 0 Å². The summed E-state index contributed by atoms with van der Waals surface area (Å²) in [7, 11) is -2.65. The molecule has 0 saturated heterocycles. The molecule has 3 atom stereocenters. The van der Waals surface area contributed by atoms with Gasteiger partial charge < -0.3 is 29.7 Å². The fourth-order valence-corrected chi connectivity index (χ4v) is 9.65. The quantitative estimate of drug-likeness (QED) is 0.105. The summed E-state index contributed by atoms with van der Waals surface area (Å²) in [5.41, 5.74) is 3.29. The van der Waals surface area contributed by atoms with Crippen LogP contribution in [-0.4, -0.2) is 42.3 Å². The van der Waals surface area contributed by atoms with E-state index in [0.29, 0.717) is 22.2 Å². The second-order valence-corrected chi connectivity index (χ2v) is 17.1. The zero-order valence-corrected chi connectivity index (χ0v) is 33.7. The van der Waals surface area contributed by atoms with E-state index in [1.807, 2.05) is 103 Å². The molecule has 0 bridgehead atoms. The van der Waals surface area contributed by atoms with Gasteiger partial charge >= 0.3 is 7.60 Å². The highest BCUT2D eigenvalue weighted by atomic mass is 32.2. The molecule has 7 aromatic rings. The van der Waals surface area contributed by atoms with Crippen LogP contribution in [0.4, 0.5) is 5.69 Å². The number of anilines is 1. The maximum absolute atomic E-state index is 15.0. The number of ether oxygens (including phenoxy) is 1. The highest BCUT2D eigenvalue weighted by Gasteiger charge is 2.40. The molecule has 8 rings (SSSR count). The number of methoxy groups -OCH3 is 1. The Labute approximate surface area is 345 Å². The third-order valence-corrected chi connectivity index (χ3v) is 13.1. The molecule has 0 saturated carbocycles. The molecule has 3 amide bonds. The Hall–Kier alpha value is -6.23. The van der Waals surface area contributed by atoms with E-state index in [9.17, 15) is 23.8 Å². The third kappa shape index (κ3) is 8.65. The highest BCUT2D eigenvalue weighted by molar-refractivity contribution is 7.99. The summed E-state index contributed by atoms with van der Waals surface area (Å²) in [6, 6.07) is 46.3. The van der Waals surface area contributed by atoms with Crippen molar-refractivity contribution in [1.29, 1.82) is 0 Å². The van der Waals surface area contributed by atoms with Crippen molar-refractivity contribution >= 4 is 69.6 Å². The first-order chi connectivity index (χ1) is 28.7. The summed E-state index contributed by atoms with van der Waals surface area (Å²) in [6.07, 6.45) is 0. The summed E-state index contributed by atoms with van der Waals surface area (Å²) in [6.45, 7) is -0.0704. The molecule has 3 N–H and O–H groups in total. The predicted octanol–water partition coefficient (Wildman–Crippen LogP) is 8.32. The summed E-state index contributed by atoms with van der Waals surface area (Å²) >= 11 is 1.42. The third-order valence-electron chi connectivity index (χ3n) is 10.3. The molecule has 10 nitrogen and oxygen atoms in total. The topological polar surface area (TPSA) is 134 Å². The number of thioether (sulfide) groups is 1. The summed E-state index contributed by atoms with van der Waals surface area (Å²) in [4.78, 5) is 56.3. The monoisotopic (exact) mass is 821 g/mol. The lowest BCUT2D eigenvalue weighted by Gasteiger charge is -2.29. The van der Waals surface area contributed by atoms with Crippen LogP contribution in [-0.2, 0) is 31.8 Å². The first kappa shape index (κ1) is 39.6. The number of carbonyl (C=O) groups excluding carboxylic acids is 3. The molecule has 1 aliphatic heterocycles. The number of carbonyl (C=O) groups is 3. The largest absolute Gasteiger partial charge is 0.497 e. The number of fused-ring (bicyclic) bond motifs is 3. The Balaban J connectivity index is 1.09. The standard InChI is InChI=1S/C47H40N3O7PS/c1-56-36-23-21-33(22-24-36)45-44(49-46(52)40-18-10-15-34-27-37(25-26-39(34)40)58(54,55)57-30-31-11-3-2-4-12-31)47(53)50(41-19-7-8-20-42(41)59-45)29-43(51)48-28-35-16-9-14-32-13-5-6-17-38(32)35/h2-27,44-45H,28-30H2,1H3,(H,48,51)(H,49,52)(H,54,55)/t44-,45-/m0/s1. The van der Waals surface area contributed by atoms with E-state index in [4.69, 9.17) is 9.26 Å². The molecule has 1 aliphatic rings. The molecule has 12 heteroatoms. The van der Waals surface area contributed by atoms with Crippen molar-refractivity contribution in [3.05, 3.63) is 180 Å². The number of nitrogens with one attached hydrogen (secondary N) is 2. The van der Waals surface area contributed by atoms with Crippen molar-refractivity contribution in [1.82, 2.24) is 10.6 Å². The Kier molecular flexibility index (Phi) is 11.6. The molecular weight excluding hydrogens is 782 g/mol. The normalized spacial score (nSPS) is 16.2. The molecule has 296 valence electrons. The average molecular weight is 822 g/mol. The van der Waals surface area contributed by atoms with Gasteiger partial charge in [-0.05, 0) is 80.7 Å². The van der Waals surface area contributed by atoms with E-state index >= 15 is 0 Å². The number of rotatable bonds is 12. The lowest BCUT2D eigenvalue weighted by atomic mass is 10.0. The van der Waals surface area contributed by atoms with Crippen LogP contribution in [0.15, 0.2) is 163 Å². The van der Waals surface area contributed by atoms with Crippen LogP contribution in [0.2, 0.25) is 0 Å². The number of amides is 3. The molecular formula is C47H40N3O7PS. The number of hydrogen-bond donors (Lipinski definition) is 3. The van der Waals surface area contributed by atoms with Gasteiger partial charge in [0.25, 0.3) is 11.8 Å². The van der Waals surface area contributed by atoms with E-state index in [1.54, 1.807) is 55.6 Å². The first-order valence-corrected chi connectivity index (χ1v) is 21.4. The minimum atomic E-state index is -4.22.